The first-order chi connectivity index (χ1) is 11.9. The summed E-state index contributed by atoms with van der Waals surface area (Å²) in [5, 5.41) is 5.74. The topological polar surface area (TPSA) is 129 Å². The normalized spacial score (nSPS) is 14.4. The van der Waals surface area contributed by atoms with Gasteiger partial charge in [-0.2, -0.15) is 0 Å². The van der Waals surface area contributed by atoms with E-state index in [0.29, 0.717) is 39.3 Å². The Morgan fingerprint density at radius 3 is 2.16 bits per heavy atom. The number of anilines is 4. The molecule has 2 aliphatic rings. The van der Waals surface area contributed by atoms with E-state index in [1.165, 1.54) is 0 Å². The van der Waals surface area contributed by atoms with Crippen molar-refractivity contribution in [2.24, 2.45) is 0 Å². The minimum absolute atomic E-state index is 0.00116. The Morgan fingerprint density at radius 1 is 0.880 bits per heavy atom. The van der Waals surface area contributed by atoms with Gasteiger partial charge in [0.05, 0.1) is 22.7 Å². The summed E-state index contributed by atoms with van der Waals surface area (Å²) in [6.07, 6.45) is 0. The molecule has 2 aliphatic heterocycles. The largest absolute Gasteiger partial charge is 0.479 e. The van der Waals surface area contributed by atoms with Crippen molar-refractivity contribution in [3.05, 3.63) is 35.4 Å². The van der Waals surface area contributed by atoms with Crippen LogP contribution in [0, 0.1) is 0 Å². The second-order valence-electron chi connectivity index (χ2n) is 5.27. The standard InChI is InChI=1S/C8H7ClN2O2.C8H8N2O2/c9-4-1-5(10)8-6(2-4)11-7(12)3-13-8;9-5-2-1-3-6-8(5)12-4-7(11)10-6/h1-2H,3,10H2,(H,11,12);1-3H,4,9H2,(H,10,11). The Labute approximate surface area is 148 Å². The zero-order valence-electron chi connectivity index (χ0n) is 13.0. The highest BCUT2D eigenvalue weighted by Crippen LogP contribution is 2.36. The second kappa shape index (κ2) is 6.78. The molecule has 0 aliphatic carbocycles. The quantitative estimate of drug-likeness (QED) is 0.529. The molecule has 2 heterocycles. The number of benzene rings is 2. The van der Waals surface area contributed by atoms with Crippen molar-refractivity contribution in [3.63, 3.8) is 0 Å². The Kier molecular flexibility index (Phi) is 4.53. The van der Waals surface area contributed by atoms with Crippen LogP contribution in [0.5, 0.6) is 11.5 Å². The Morgan fingerprint density at radius 2 is 1.48 bits per heavy atom. The molecule has 4 rings (SSSR count). The molecule has 0 aromatic heterocycles. The van der Waals surface area contributed by atoms with Crippen LogP contribution in [0.15, 0.2) is 30.3 Å². The summed E-state index contributed by atoms with van der Waals surface area (Å²) in [4.78, 5) is 21.8. The number of carbonyl (C=O) groups is 2. The number of halogens is 1. The van der Waals surface area contributed by atoms with Gasteiger partial charge in [0, 0.05) is 5.02 Å². The van der Waals surface area contributed by atoms with Gasteiger partial charge in [-0.25, -0.2) is 0 Å². The van der Waals surface area contributed by atoms with Crippen LogP contribution in [0.3, 0.4) is 0 Å². The number of rotatable bonds is 0. The summed E-state index contributed by atoms with van der Waals surface area (Å²) in [5.74, 6) is 0.711. The highest BCUT2D eigenvalue weighted by Gasteiger charge is 2.19. The van der Waals surface area contributed by atoms with Crippen LogP contribution in [-0.2, 0) is 9.59 Å². The number of hydrogen-bond acceptors (Lipinski definition) is 6. The summed E-state index contributed by atoms with van der Waals surface area (Å²) in [5.41, 5.74) is 13.4. The van der Waals surface area contributed by atoms with E-state index in [0.717, 1.165) is 0 Å². The second-order valence-corrected chi connectivity index (χ2v) is 5.71. The van der Waals surface area contributed by atoms with Crippen molar-refractivity contribution in [2.45, 2.75) is 0 Å². The van der Waals surface area contributed by atoms with Gasteiger partial charge in [-0.05, 0) is 24.3 Å². The van der Waals surface area contributed by atoms with Gasteiger partial charge in [-0.3, -0.25) is 9.59 Å². The first-order valence-electron chi connectivity index (χ1n) is 7.27. The first kappa shape index (κ1) is 16.7. The monoisotopic (exact) mass is 362 g/mol. The van der Waals surface area contributed by atoms with Crippen molar-refractivity contribution in [1.82, 2.24) is 0 Å². The molecule has 6 N–H and O–H groups in total. The molecule has 0 saturated carbocycles. The molecule has 25 heavy (non-hydrogen) atoms. The summed E-state index contributed by atoms with van der Waals surface area (Å²) in [6, 6.07) is 8.43. The van der Waals surface area contributed by atoms with E-state index in [2.05, 4.69) is 10.6 Å². The molecule has 2 aromatic carbocycles. The lowest BCUT2D eigenvalue weighted by Gasteiger charge is -2.19. The van der Waals surface area contributed by atoms with Gasteiger partial charge in [0.1, 0.15) is 0 Å². The third-order valence-corrected chi connectivity index (χ3v) is 3.59. The fraction of sp³-hybridized carbons (Fsp3) is 0.125. The molecule has 2 aromatic rings. The fourth-order valence-corrected chi connectivity index (χ4v) is 2.56. The highest BCUT2D eigenvalue weighted by molar-refractivity contribution is 6.31. The minimum atomic E-state index is -0.200. The summed E-state index contributed by atoms with van der Waals surface area (Å²) in [7, 11) is 0. The Balaban J connectivity index is 0.000000146. The van der Waals surface area contributed by atoms with Crippen molar-refractivity contribution in [3.8, 4) is 11.5 Å². The maximum atomic E-state index is 10.9. The van der Waals surface area contributed by atoms with Crippen LogP contribution >= 0.6 is 11.6 Å². The predicted octanol–water partition coefficient (Wildman–Crippen LogP) is 1.85. The van der Waals surface area contributed by atoms with Crippen LogP contribution in [-0.4, -0.2) is 25.0 Å². The number of nitrogen functional groups attached to an aromatic ring is 2. The third kappa shape index (κ3) is 3.69. The van der Waals surface area contributed by atoms with Gasteiger partial charge in [0.15, 0.2) is 24.7 Å². The van der Waals surface area contributed by atoms with E-state index in [9.17, 15) is 9.59 Å². The molecular formula is C16H15ClN4O4. The van der Waals surface area contributed by atoms with Crippen molar-refractivity contribution < 1.29 is 19.1 Å². The average molecular weight is 363 g/mol. The molecular weight excluding hydrogens is 348 g/mol. The van der Waals surface area contributed by atoms with Crippen molar-refractivity contribution in [1.29, 1.82) is 0 Å². The number of ether oxygens (including phenoxy) is 2. The van der Waals surface area contributed by atoms with E-state index in [4.69, 9.17) is 32.5 Å². The summed E-state index contributed by atoms with van der Waals surface area (Å²) in [6.45, 7) is 0.0417. The van der Waals surface area contributed by atoms with Gasteiger partial charge >= 0.3 is 0 Å². The van der Waals surface area contributed by atoms with E-state index in [-0.39, 0.29) is 25.0 Å². The fourth-order valence-electron chi connectivity index (χ4n) is 2.33. The van der Waals surface area contributed by atoms with Gasteiger partial charge < -0.3 is 31.6 Å². The van der Waals surface area contributed by atoms with Crippen LogP contribution in [0.1, 0.15) is 0 Å². The molecule has 2 amide bonds. The highest BCUT2D eigenvalue weighted by atomic mass is 35.5. The lowest BCUT2D eigenvalue weighted by molar-refractivity contribution is -0.119. The van der Waals surface area contributed by atoms with Crippen LogP contribution < -0.4 is 31.6 Å². The van der Waals surface area contributed by atoms with Gasteiger partial charge in [0.25, 0.3) is 11.8 Å². The summed E-state index contributed by atoms with van der Waals surface area (Å²) < 4.78 is 10.3. The molecule has 0 fully saturated rings. The maximum Gasteiger partial charge on any atom is 0.262 e. The van der Waals surface area contributed by atoms with Crippen LogP contribution in [0.25, 0.3) is 0 Å². The number of para-hydroxylation sites is 1. The average Bonchev–Trinajstić information content (AvgIpc) is 2.54. The van der Waals surface area contributed by atoms with E-state index < -0.39 is 0 Å². The SMILES string of the molecule is Nc1cc(Cl)cc2c1OCC(=O)N2.Nc1cccc2c1OCC(=O)N2. The van der Waals surface area contributed by atoms with Crippen LogP contribution in [0.4, 0.5) is 22.7 Å². The lowest BCUT2D eigenvalue weighted by atomic mass is 10.2. The number of nitrogens with two attached hydrogens (primary N) is 2. The van der Waals surface area contributed by atoms with E-state index in [1.807, 2.05) is 0 Å². The van der Waals surface area contributed by atoms with Gasteiger partial charge in [-0.1, -0.05) is 17.7 Å². The number of fused-ring (bicyclic) bond motifs is 2. The smallest absolute Gasteiger partial charge is 0.262 e. The van der Waals surface area contributed by atoms with E-state index >= 15 is 0 Å². The van der Waals surface area contributed by atoms with Crippen LogP contribution in [0.2, 0.25) is 5.02 Å². The third-order valence-electron chi connectivity index (χ3n) is 3.37. The first-order valence-corrected chi connectivity index (χ1v) is 7.64. The number of hydrogen-bond donors (Lipinski definition) is 4. The minimum Gasteiger partial charge on any atom is -0.479 e. The predicted molar refractivity (Wildman–Crippen MR) is 95.0 cm³/mol. The zero-order chi connectivity index (χ0) is 18.0. The molecule has 0 atom stereocenters. The lowest BCUT2D eigenvalue weighted by Crippen LogP contribution is -2.25. The Hall–Kier alpha value is -3.13. The molecule has 9 heteroatoms. The molecule has 0 saturated heterocycles. The van der Waals surface area contributed by atoms with Gasteiger partial charge in [0.2, 0.25) is 0 Å². The maximum absolute atomic E-state index is 10.9. The van der Waals surface area contributed by atoms with Crippen molar-refractivity contribution in [2.75, 3.05) is 35.3 Å². The molecule has 0 radical (unpaired) electrons. The summed E-state index contributed by atoms with van der Waals surface area (Å²) >= 11 is 5.74. The molecule has 130 valence electrons. The zero-order valence-corrected chi connectivity index (χ0v) is 13.7. The molecule has 0 unspecified atom stereocenters. The molecule has 0 spiro atoms. The van der Waals surface area contributed by atoms with E-state index in [1.54, 1.807) is 30.3 Å². The Bertz CT molecular complexity index is 856. The van der Waals surface area contributed by atoms with Gasteiger partial charge in [-0.15, -0.1) is 0 Å². The number of amides is 2. The molecule has 0 bridgehead atoms. The number of nitrogens with one attached hydrogen (secondary N) is 2. The van der Waals surface area contributed by atoms with Crippen molar-refractivity contribution >= 4 is 46.2 Å². The molecule has 8 nitrogen and oxygen atoms in total. The number of carbonyl (C=O) groups excluding carboxylic acids is 2.